The van der Waals surface area contributed by atoms with Gasteiger partial charge in [-0.2, -0.15) is 4.98 Å². The van der Waals surface area contributed by atoms with Gasteiger partial charge in [0.05, 0.1) is 5.75 Å². The number of nitrogens with zero attached hydrogens (tertiary/aromatic N) is 4. The molecule has 0 radical (unpaired) electrons. The van der Waals surface area contributed by atoms with Crippen LogP contribution in [0.4, 0.5) is 4.39 Å². The molecule has 0 aliphatic heterocycles. The molecule has 0 saturated carbocycles. The van der Waals surface area contributed by atoms with E-state index in [1.807, 2.05) is 27.7 Å². The van der Waals surface area contributed by atoms with Crippen LogP contribution in [-0.4, -0.2) is 37.3 Å². The van der Waals surface area contributed by atoms with E-state index in [-0.39, 0.29) is 23.5 Å². The van der Waals surface area contributed by atoms with E-state index < -0.39 is 0 Å². The third kappa shape index (κ3) is 4.87. The number of hydrogen-bond donors (Lipinski definition) is 1. The minimum atomic E-state index is -0.349. The van der Waals surface area contributed by atoms with E-state index in [9.17, 15) is 9.18 Å². The summed E-state index contributed by atoms with van der Waals surface area (Å²) in [6, 6.07) is 4.79. The Balaban J connectivity index is 1.85. The second-order valence-corrected chi connectivity index (χ2v) is 8.26. The number of rotatable bonds is 7. The molecular weight excluding hydrogens is 413 g/mol. The number of amides is 1. The Morgan fingerprint density at radius 2 is 2.07 bits per heavy atom. The van der Waals surface area contributed by atoms with Gasteiger partial charge in [-0.15, -0.1) is 5.10 Å². The molecule has 154 valence electrons. The van der Waals surface area contributed by atoms with Crippen molar-refractivity contribution in [1.29, 1.82) is 0 Å². The number of fused-ring (bicyclic) bond motifs is 1. The second kappa shape index (κ2) is 9.09. The molecule has 0 aliphatic rings. The lowest BCUT2D eigenvalue weighted by Crippen LogP contribution is -2.33. The molecule has 0 fully saturated rings. The van der Waals surface area contributed by atoms with Crippen LogP contribution >= 0.6 is 23.4 Å². The molecule has 0 spiro atoms. The second-order valence-electron chi connectivity index (χ2n) is 6.91. The van der Waals surface area contributed by atoms with Crippen molar-refractivity contribution in [3.8, 4) is 0 Å². The van der Waals surface area contributed by atoms with Gasteiger partial charge in [-0.3, -0.25) is 4.79 Å². The zero-order valence-electron chi connectivity index (χ0n) is 16.8. The summed E-state index contributed by atoms with van der Waals surface area (Å²) < 4.78 is 15.9. The predicted molar refractivity (Wildman–Crippen MR) is 113 cm³/mol. The van der Waals surface area contributed by atoms with Crippen LogP contribution in [0.1, 0.15) is 42.8 Å². The van der Waals surface area contributed by atoms with E-state index in [1.54, 1.807) is 16.6 Å². The standard InChI is InChI=1S/C20H23ClFN5OS/c1-5-11(2)23-18(28)10-29-20-25-19-24-12(3)14(13(4)27(19)26-20)9-15-16(21)7-6-8-17(15)22/h6-8,11H,5,9-10H2,1-4H3,(H,23,28)/t11-/m0/s1. The Hall–Kier alpha value is -2.19. The van der Waals surface area contributed by atoms with Crippen molar-refractivity contribution in [2.75, 3.05) is 5.75 Å². The molecule has 0 bridgehead atoms. The summed E-state index contributed by atoms with van der Waals surface area (Å²) in [6.07, 6.45) is 1.19. The lowest BCUT2D eigenvalue weighted by molar-refractivity contribution is -0.119. The van der Waals surface area contributed by atoms with Gasteiger partial charge in [-0.05, 0) is 44.9 Å². The third-order valence-corrected chi connectivity index (χ3v) is 5.99. The third-order valence-electron chi connectivity index (χ3n) is 4.80. The number of aromatic nitrogens is 4. The smallest absolute Gasteiger partial charge is 0.253 e. The average Bonchev–Trinajstić information content (AvgIpc) is 3.08. The predicted octanol–water partition coefficient (Wildman–Crippen LogP) is 4.13. The topological polar surface area (TPSA) is 72.2 Å². The minimum absolute atomic E-state index is 0.0565. The van der Waals surface area contributed by atoms with Crippen LogP contribution in [-0.2, 0) is 11.2 Å². The molecule has 1 aromatic carbocycles. The van der Waals surface area contributed by atoms with Crippen LogP contribution in [0, 0.1) is 19.7 Å². The SMILES string of the molecule is CC[C@H](C)NC(=O)CSc1nc2nc(C)c(Cc3c(F)cccc3Cl)c(C)n2n1. The molecule has 0 unspecified atom stereocenters. The summed E-state index contributed by atoms with van der Waals surface area (Å²) >= 11 is 7.45. The summed E-state index contributed by atoms with van der Waals surface area (Å²) in [5.74, 6) is 0.280. The van der Waals surface area contributed by atoms with Gasteiger partial charge >= 0.3 is 0 Å². The van der Waals surface area contributed by atoms with E-state index in [0.717, 1.165) is 23.4 Å². The van der Waals surface area contributed by atoms with E-state index in [0.29, 0.717) is 27.9 Å². The fourth-order valence-electron chi connectivity index (χ4n) is 2.93. The maximum atomic E-state index is 14.2. The highest BCUT2D eigenvalue weighted by molar-refractivity contribution is 7.99. The molecule has 0 aliphatic carbocycles. The molecule has 1 N–H and O–H groups in total. The zero-order chi connectivity index (χ0) is 21.1. The number of hydrogen-bond acceptors (Lipinski definition) is 5. The Morgan fingerprint density at radius 1 is 1.31 bits per heavy atom. The maximum absolute atomic E-state index is 14.2. The number of thioether (sulfide) groups is 1. The molecule has 2 aromatic heterocycles. The fraction of sp³-hybridized carbons (Fsp3) is 0.400. The molecule has 6 nitrogen and oxygen atoms in total. The average molecular weight is 436 g/mol. The van der Waals surface area contributed by atoms with E-state index >= 15 is 0 Å². The molecular formula is C20H23ClFN5OS. The fourth-order valence-corrected chi connectivity index (χ4v) is 3.79. The lowest BCUT2D eigenvalue weighted by Gasteiger charge is -2.12. The van der Waals surface area contributed by atoms with Crippen molar-refractivity contribution in [2.45, 2.75) is 51.7 Å². The number of aryl methyl sites for hydroxylation is 2. The van der Waals surface area contributed by atoms with Crippen molar-refractivity contribution in [3.63, 3.8) is 0 Å². The molecule has 0 saturated heterocycles. The molecule has 3 rings (SSSR count). The number of benzene rings is 1. The Bertz CT molecular complexity index is 1030. The monoisotopic (exact) mass is 435 g/mol. The van der Waals surface area contributed by atoms with E-state index in [2.05, 4.69) is 20.4 Å². The number of halogens is 2. The summed E-state index contributed by atoms with van der Waals surface area (Å²) in [6.45, 7) is 7.73. The van der Waals surface area contributed by atoms with Crippen LogP contribution in [0.15, 0.2) is 23.4 Å². The molecule has 1 atom stereocenters. The van der Waals surface area contributed by atoms with Gasteiger partial charge in [0.2, 0.25) is 11.1 Å². The lowest BCUT2D eigenvalue weighted by atomic mass is 10.0. The van der Waals surface area contributed by atoms with Crippen molar-refractivity contribution in [2.24, 2.45) is 0 Å². The minimum Gasteiger partial charge on any atom is -0.353 e. The molecule has 2 heterocycles. The van der Waals surface area contributed by atoms with Crippen molar-refractivity contribution >= 4 is 35.0 Å². The normalized spacial score (nSPS) is 12.3. The highest BCUT2D eigenvalue weighted by Gasteiger charge is 2.17. The molecule has 9 heteroatoms. The molecule has 3 aromatic rings. The van der Waals surface area contributed by atoms with Crippen LogP contribution < -0.4 is 5.32 Å². The Kier molecular flexibility index (Phi) is 6.74. The highest BCUT2D eigenvalue weighted by atomic mass is 35.5. The summed E-state index contributed by atoms with van der Waals surface area (Å²) in [4.78, 5) is 20.9. The van der Waals surface area contributed by atoms with E-state index in [1.165, 1.54) is 17.8 Å². The Labute approximate surface area is 178 Å². The zero-order valence-corrected chi connectivity index (χ0v) is 18.4. The molecule has 1 amide bonds. The van der Waals surface area contributed by atoms with Gasteiger partial charge in [0, 0.05) is 34.4 Å². The summed E-state index contributed by atoms with van der Waals surface area (Å²) in [5.41, 5.74) is 2.83. The number of nitrogens with one attached hydrogen (secondary N) is 1. The van der Waals surface area contributed by atoms with Crippen molar-refractivity contribution < 1.29 is 9.18 Å². The quantitative estimate of drug-likeness (QED) is 0.565. The van der Waals surface area contributed by atoms with Gasteiger partial charge in [-0.1, -0.05) is 36.4 Å². The van der Waals surface area contributed by atoms with Gasteiger partial charge < -0.3 is 5.32 Å². The van der Waals surface area contributed by atoms with Crippen molar-refractivity contribution in [1.82, 2.24) is 24.9 Å². The maximum Gasteiger partial charge on any atom is 0.253 e. The van der Waals surface area contributed by atoms with E-state index in [4.69, 9.17) is 11.6 Å². The summed E-state index contributed by atoms with van der Waals surface area (Å²) in [5, 5.41) is 8.24. The van der Waals surface area contributed by atoms with Crippen LogP contribution in [0.3, 0.4) is 0 Å². The van der Waals surface area contributed by atoms with Gasteiger partial charge in [0.25, 0.3) is 5.78 Å². The van der Waals surface area contributed by atoms with Crippen LogP contribution in [0.25, 0.3) is 5.78 Å². The van der Waals surface area contributed by atoms with Crippen LogP contribution in [0.2, 0.25) is 5.02 Å². The first kappa shape index (κ1) is 21.5. The van der Waals surface area contributed by atoms with Gasteiger partial charge in [0.15, 0.2) is 0 Å². The van der Waals surface area contributed by atoms with Gasteiger partial charge in [0.1, 0.15) is 5.82 Å². The first-order valence-corrected chi connectivity index (χ1v) is 10.7. The summed E-state index contributed by atoms with van der Waals surface area (Å²) in [7, 11) is 0. The molecule has 29 heavy (non-hydrogen) atoms. The highest BCUT2D eigenvalue weighted by Crippen LogP contribution is 2.26. The number of carbonyl (C=O) groups excluding carboxylic acids is 1. The first-order chi connectivity index (χ1) is 13.8. The van der Waals surface area contributed by atoms with Gasteiger partial charge in [-0.25, -0.2) is 13.9 Å². The first-order valence-electron chi connectivity index (χ1n) is 9.38. The largest absolute Gasteiger partial charge is 0.353 e. The van der Waals surface area contributed by atoms with Crippen LogP contribution in [0.5, 0.6) is 0 Å². The number of carbonyl (C=O) groups is 1. The Morgan fingerprint density at radius 3 is 2.76 bits per heavy atom. The van der Waals surface area contributed by atoms with Crippen molar-refractivity contribution in [3.05, 3.63) is 51.6 Å².